The fourth-order valence-electron chi connectivity index (χ4n) is 4.24. The number of allylic oxidation sites excluding steroid dienone is 4. The van der Waals surface area contributed by atoms with Crippen molar-refractivity contribution >= 4 is 12.3 Å². The molecule has 0 spiro atoms. The van der Waals surface area contributed by atoms with Gasteiger partial charge in [0.05, 0.1) is 26.9 Å². The minimum atomic E-state index is -0.437. The number of hydrogen-bond acceptors (Lipinski definition) is 8. The summed E-state index contributed by atoms with van der Waals surface area (Å²) in [7, 11) is 5.40. The van der Waals surface area contributed by atoms with Gasteiger partial charge in [0.15, 0.2) is 5.76 Å². The predicted octanol–water partition coefficient (Wildman–Crippen LogP) is 3.39. The Balaban J connectivity index is 1.43. The highest BCUT2D eigenvalue weighted by Gasteiger charge is 2.28. The van der Waals surface area contributed by atoms with Crippen molar-refractivity contribution in [2.24, 2.45) is 4.99 Å². The van der Waals surface area contributed by atoms with E-state index in [1.807, 2.05) is 37.3 Å². The average molecular weight is 501 g/mol. The van der Waals surface area contributed by atoms with Crippen LogP contribution in [0.3, 0.4) is 0 Å². The number of carbonyl (C=O) groups is 1. The first-order valence-electron chi connectivity index (χ1n) is 12.6. The second-order valence-electron chi connectivity index (χ2n) is 8.88. The minimum Gasteiger partial charge on any atom is -0.497 e. The number of ether oxygens (including phenoxy) is 4. The Morgan fingerprint density at radius 2 is 2.03 bits per heavy atom. The average Bonchev–Trinajstić information content (AvgIpc) is 2.89. The molecule has 9 nitrogen and oxygen atoms in total. The zero-order valence-electron chi connectivity index (χ0n) is 22.0. The highest BCUT2D eigenvalue weighted by atomic mass is 16.5. The van der Waals surface area contributed by atoms with Gasteiger partial charge in [0.25, 0.3) is 0 Å². The fourth-order valence-corrected chi connectivity index (χ4v) is 4.24. The van der Waals surface area contributed by atoms with Gasteiger partial charge < -0.3 is 28.7 Å². The van der Waals surface area contributed by atoms with Crippen LogP contribution >= 0.6 is 0 Å². The summed E-state index contributed by atoms with van der Waals surface area (Å²) in [5, 5.41) is 2.82. The number of dihydropyridines is 1. The second-order valence-corrected chi connectivity index (χ2v) is 8.88. The van der Waals surface area contributed by atoms with Gasteiger partial charge in [-0.05, 0) is 44.2 Å². The number of rotatable bonds is 12. The molecule has 0 aromatic rings. The molecule has 198 valence electrons. The van der Waals surface area contributed by atoms with Crippen LogP contribution in [0.1, 0.15) is 26.2 Å². The Hall–Kier alpha value is -3.04. The maximum Gasteiger partial charge on any atom is 0.411 e. The number of nitrogens with one attached hydrogen (secondary N) is 1. The molecule has 2 aliphatic heterocycles. The molecule has 1 atom stereocenters. The summed E-state index contributed by atoms with van der Waals surface area (Å²) >= 11 is 0. The molecule has 0 saturated carbocycles. The van der Waals surface area contributed by atoms with E-state index in [9.17, 15) is 4.79 Å². The number of piperazine rings is 1. The Labute approximate surface area is 214 Å². The van der Waals surface area contributed by atoms with Crippen LogP contribution in [0.4, 0.5) is 4.79 Å². The van der Waals surface area contributed by atoms with Crippen molar-refractivity contribution in [3.63, 3.8) is 0 Å². The van der Waals surface area contributed by atoms with Crippen molar-refractivity contribution in [3.8, 4) is 0 Å². The predicted molar refractivity (Wildman–Crippen MR) is 141 cm³/mol. The van der Waals surface area contributed by atoms with Gasteiger partial charge in [0.1, 0.15) is 18.1 Å². The zero-order chi connectivity index (χ0) is 25.8. The first-order chi connectivity index (χ1) is 17.5. The minimum absolute atomic E-state index is 0.0499. The van der Waals surface area contributed by atoms with Crippen molar-refractivity contribution in [2.75, 3.05) is 67.2 Å². The van der Waals surface area contributed by atoms with Gasteiger partial charge in [0, 0.05) is 56.6 Å². The number of likely N-dealkylation sites (N-methyl/N-ethyl adjacent to an activating group) is 1. The lowest BCUT2D eigenvalue weighted by molar-refractivity contribution is 0.124. The molecule has 0 aromatic heterocycles. The third-order valence-corrected chi connectivity index (χ3v) is 6.29. The number of aliphatic imine (C=N–C) groups is 1. The standard InChI is InChI=1S/C27H40N4O5/c1-5-8-21(29-27(32)36-18-7-12-31-15-13-30(2)14-16-31)9-6-17-35-24-10-11-28-23-20-26(34-4)25(33-3)19-22(23)24/h6,8-11,19,23H,5,7,12-18,20H2,1-4H3,(H,29,32)/b9-6-,21-8+. The molecule has 2 heterocycles. The Morgan fingerprint density at radius 3 is 2.75 bits per heavy atom. The van der Waals surface area contributed by atoms with Crippen LogP contribution in [0.15, 0.2) is 63.9 Å². The summed E-state index contributed by atoms with van der Waals surface area (Å²) in [6.07, 6.45) is 13.0. The van der Waals surface area contributed by atoms with Gasteiger partial charge in [-0.2, -0.15) is 0 Å². The van der Waals surface area contributed by atoms with Crippen LogP contribution in [-0.4, -0.2) is 95.4 Å². The molecule has 1 saturated heterocycles. The Kier molecular flexibility index (Phi) is 11.1. The molecule has 1 fully saturated rings. The van der Waals surface area contributed by atoms with E-state index in [1.165, 1.54) is 0 Å². The lowest BCUT2D eigenvalue weighted by Gasteiger charge is -2.32. The molecule has 3 aliphatic rings. The van der Waals surface area contributed by atoms with Gasteiger partial charge in [-0.25, -0.2) is 4.79 Å². The molecule has 0 aromatic carbocycles. The Morgan fingerprint density at radius 1 is 1.22 bits per heavy atom. The normalized spacial score (nSPS) is 21.1. The molecule has 0 bridgehead atoms. The first kappa shape index (κ1) is 27.5. The van der Waals surface area contributed by atoms with Crippen LogP contribution in [-0.2, 0) is 18.9 Å². The molecule has 3 rings (SSSR count). The van der Waals surface area contributed by atoms with E-state index in [2.05, 4.69) is 27.2 Å². The van der Waals surface area contributed by atoms with Crippen molar-refractivity contribution in [1.29, 1.82) is 0 Å². The van der Waals surface area contributed by atoms with Crippen molar-refractivity contribution in [2.45, 2.75) is 32.2 Å². The topological polar surface area (TPSA) is 84.9 Å². The van der Waals surface area contributed by atoms with Crippen molar-refractivity contribution < 1.29 is 23.7 Å². The molecule has 1 amide bonds. The largest absolute Gasteiger partial charge is 0.497 e. The molecule has 1 aliphatic carbocycles. The SMILES string of the molecule is CC/C=C(\C=C/COC1=CC=NC2CC(OC)=C(OC)C=C12)NC(=O)OCCCN1CCN(C)CC1. The van der Waals surface area contributed by atoms with E-state index in [0.29, 0.717) is 31.1 Å². The lowest BCUT2D eigenvalue weighted by atomic mass is 9.93. The summed E-state index contributed by atoms with van der Waals surface area (Å²) < 4.78 is 22.3. The number of methoxy groups -OCH3 is 2. The van der Waals surface area contributed by atoms with E-state index in [0.717, 1.165) is 62.7 Å². The summed E-state index contributed by atoms with van der Waals surface area (Å²) in [5.41, 5.74) is 1.65. The summed E-state index contributed by atoms with van der Waals surface area (Å²) in [5.74, 6) is 2.21. The number of amides is 1. The van der Waals surface area contributed by atoms with Gasteiger partial charge in [-0.3, -0.25) is 10.3 Å². The van der Waals surface area contributed by atoms with Crippen LogP contribution < -0.4 is 5.32 Å². The highest BCUT2D eigenvalue weighted by molar-refractivity contribution is 5.76. The van der Waals surface area contributed by atoms with Crippen LogP contribution in [0.25, 0.3) is 0 Å². The van der Waals surface area contributed by atoms with Crippen LogP contribution in [0.2, 0.25) is 0 Å². The molecular weight excluding hydrogens is 460 g/mol. The number of alkyl carbamates (subject to hydrolysis) is 1. The van der Waals surface area contributed by atoms with Gasteiger partial charge in [0.2, 0.25) is 0 Å². The summed E-state index contributed by atoms with van der Waals surface area (Å²) in [6, 6.07) is -0.0499. The van der Waals surface area contributed by atoms with E-state index in [-0.39, 0.29) is 6.04 Å². The molecule has 0 radical (unpaired) electrons. The van der Waals surface area contributed by atoms with Gasteiger partial charge >= 0.3 is 6.09 Å². The molecule has 1 N–H and O–H groups in total. The number of fused-ring (bicyclic) bond motifs is 1. The monoisotopic (exact) mass is 500 g/mol. The second kappa shape index (κ2) is 14.5. The molecule has 36 heavy (non-hydrogen) atoms. The van der Waals surface area contributed by atoms with Gasteiger partial charge in [-0.15, -0.1) is 0 Å². The third-order valence-electron chi connectivity index (χ3n) is 6.29. The molecule has 9 heteroatoms. The van der Waals surface area contributed by atoms with E-state index >= 15 is 0 Å². The quantitative estimate of drug-likeness (QED) is 0.325. The maximum atomic E-state index is 12.3. The number of hydrogen-bond donors (Lipinski definition) is 1. The highest BCUT2D eigenvalue weighted by Crippen LogP contribution is 2.33. The number of carbonyl (C=O) groups excluding carboxylic acids is 1. The fraction of sp³-hybridized carbons (Fsp3) is 0.556. The number of nitrogens with zero attached hydrogens (tertiary/aromatic N) is 3. The van der Waals surface area contributed by atoms with E-state index < -0.39 is 6.09 Å². The first-order valence-corrected chi connectivity index (χ1v) is 12.6. The lowest BCUT2D eigenvalue weighted by Crippen LogP contribution is -2.44. The summed E-state index contributed by atoms with van der Waals surface area (Å²) in [6.45, 7) is 8.02. The third kappa shape index (κ3) is 8.27. The van der Waals surface area contributed by atoms with Crippen molar-refractivity contribution in [3.05, 3.63) is 58.9 Å². The van der Waals surface area contributed by atoms with Crippen molar-refractivity contribution in [1.82, 2.24) is 15.1 Å². The zero-order valence-corrected chi connectivity index (χ0v) is 22.0. The van der Waals surface area contributed by atoms with E-state index in [4.69, 9.17) is 18.9 Å². The van der Waals surface area contributed by atoms with Crippen LogP contribution in [0.5, 0.6) is 0 Å². The smallest absolute Gasteiger partial charge is 0.411 e. The Bertz CT molecular complexity index is 926. The van der Waals surface area contributed by atoms with Crippen LogP contribution in [0, 0.1) is 0 Å². The summed E-state index contributed by atoms with van der Waals surface area (Å²) in [4.78, 5) is 21.5. The molecular formula is C27H40N4O5. The van der Waals surface area contributed by atoms with E-state index in [1.54, 1.807) is 20.4 Å². The van der Waals surface area contributed by atoms with Gasteiger partial charge in [-0.1, -0.05) is 13.0 Å². The molecule has 1 unspecified atom stereocenters. The maximum absolute atomic E-state index is 12.3.